The third kappa shape index (κ3) is 2.23. The molecule has 0 atom stereocenters. The molecule has 0 saturated heterocycles. The Labute approximate surface area is 97.2 Å². The summed E-state index contributed by atoms with van der Waals surface area (Å²) in [7, 11) is 1.66. The molecule has 1 saturated carbocycles. The second kappa shape index (κ2) is 4.64. The monoisotopic (exact) mass is 220 g/mol. The molecule has 3 nitrogen and oxygen atoms in total. The van der Waals surface area contributed by atoms with Gasteiger partial charge in [-0.05, 0) is 31.4 Å². The molecule has 0 amide bonds. The van der Waals surface area contributed by atoms with Crippen LogP contribution in [0.1, 0.15) is 26.2 Å². The van der Waals surface area contributed by atoms with E-state index >= 15 is 0 Å². The van der Waals surface area contributed by atoms with Crippen LogP contribution in [0.25, 0.3) is 0 Å². The number of nitrogens with two attached hydrogens (primary N) is 1. The van der Waals surface area contributed by atoms with Gasteiger partial charge in [-0.15, -0.1) is 0 Å². The highest BCUT2D eigenvalue weighted by Gasteiger charge is 2.28. The van der Waals surface area contributed by atoms with Crippen LogP contribution in [0.3, 0.4) is 0 Å². The van der Waals surface area contributed by atoms with E-state index < -0.39 is 0 Å². The highest BCUT2D eigenvalue weighted by atomic mass is 16.5. The lowest BCUT2D eigenvalue weighted by Gasteiger charge is -2.24. The number of hydrogen-bond donors (Lipinski definition) is 1. The molecule has 2 N–H and O–H groups in total. The SMILES string of the molecule is CCCN(c1ccc(N)c(OC)c1)C1CC1. The average molecular weight is 220 g/mol. The third-order valence-electron chi connectivity index (χ3n) is 3.00. The number of ether oxygens (including phenoxy) is 1. The van der Waals surface area contributed by atoms with Crippen molar-refractivity contribution < 1.29 is 4.74 Å². The maximum absolute atomic E-state index is 5.82. The minimum absolute atomic E-state index is 0.707. The zero-order valence-electron chi connectivity index (χ0n) is 10.1. The fraction of sp³-hybridized carbons (Fsp3) is 0.538. The van der Waals surface area contributed by atoms with Crippen molar-refractivity contribution in [2.75, 3.05) is 24.3 Å². The van der Waals surface area contributed by atoms with Crippen LogP contribution >= 0.6 is 0 Å². The van der Waals surface area contributed by atoms with E-state index in [9.17, 15) is 0 Å². The van der Waals surface area contributed by atoms with Crippen LogP contribution in [-0.4, -0.2) is 19.7 Å². The summed E-state index contributed by atoms with van der Waals surface area (Å²) in [5.41, 5.74) is 7.76. The Morgan fingerprint density at radius 1 is 1.44 bits per heavy atom. The molecule has 0 heterocycles. The average Bonchev–Trinajstić information content (AvgIpc) is 3.11. The maximum Gasteiger partial charge on any atom is 0.143 e. The number of benzene rings is 1. The molecule has 0 unspecified atom stereocenters. The molecule has 0 aromatic heterocycles. The summed E-state index contributed by atoms with van der Waals surface area (Å²) < 4.78 is 5.26. The first kappa shape index (κ1) is 11.1. The summed E-state index contributed by atoms with van der Waals surface area (Å²) in [6.07, 6.45) is 3.79. The Morgan fingerprint density at radius 2 is 2.19 bits per heavy atom. The maximum atomic E-state index is 5.82. The molecule has 1 fully saturated rings. The van der Waals surface area contributed by atoms with Gasteiger partial charge in [0.2, 0.25) is 0 Å². The number of rotatable bonds is 5. The van der Waals surface area contributed by atoms with Gasteiger partial charge < -0.3 is 15.4 Å². The third-order valence-corrected chi connectivity index (χ3v) is 3.00. The van der Waals surface area contributed by atoms with Gasteiger partial charge in [-0.3, -0.25) is 0 Å². The Bertz CT molecular complexity index is 361. The van der Waals surface area contributed by atoms with Gasteiger partial charge in [0.05, 0.1) is 12.8 Å². The highest BCUT2D eigenvalue weighted by molar-refractivity contribution is 5.63. The Kier molecular flexibility index (Phi) is 3.22. The van der Waals surface area contributed by atoms with Crippen molar-refractivity contribution >= 4 is 11.4 Å². The van der Waals surface area contributed by atoms with Crippen LogP contribution in [0.2, 0.25) is 0 Å². The molecule has 0 radical (unpaired) electrons. The molecule has 3 heteroatoms. The second-order valence-corrected chi connectivity index (χ2v) is 4.35. The van der Waals surface area contributed by atoms with Crippen LogP contribution in [0, 0.1) is 0 Å². The molecule has 1 aliphatic carbocycles. The quantitative estimate of drug-likeness (QED) is 0.775. The smallest absolute Gasteiger partial charge is 0.143 e. The normalized spacial score (nSPS) is 14.9. The van der Waals surface area contributed by atoms with Crippen molar-refractivity contribution in [1.29, 1.82) is 0 Å². The van der Waals surface area contributed by atoms with E-state index in [2.05, 4.69) is 17.9 Å². The molecular weight excluding hydrogens is 200 g/mol. The highest BCUT2D eigenvalue weighted by Crippen LogP contribution is 2.35. The first-order chi connectivity index (χ1) is 7.76. The van der Waals surface area contributed by atoms with E-state index in [0.29, 0.717) is 5.69 Å². The molecular formula is C13H20N2O. The van der Waals surface area contributed by atoms with Gasteiger partial charge in [-0.1, -0.05) is 6.92 Å². The van der Waals surface area contributed by atoms with Crippen LogP contribution in [-0.2, 0) is 0 Å². The summed E-state index contributed by atoms with van der Waals surface area (Å²) in [6.45, 7) is 3.32. The molecule has 1 aliphatic rings. The predicted molar refractivity (Wildman–Crippen MR) is 68.1 cm³/mol. The van der Waals surface area contributed by atoms with E-state index in [4.69, 9.17) is 10.5 Å². The molecule has 0 bridgehead atoms. The second-order valence-electron chi connectivity index (χ2n) is 4.35. The lowest BCUT2D eigenvalue weighted by Crippen LogP contribution is -2.26. The number of methoxy groups -OCH3 is 1. The van der Waals surface area contributed by atoms with Crippen molar-refractivity contribution in [1.82, 2.24) is 0 Å². The molecule has 0 aliphatic heterocycles. The fourth-order valence-corrected chi connectivity index (χ4v) is 2.03. The number of hydrogen-bond acceptors (Lipinski definition) is 3. The van der Waals surface area contributed by atoms with Gasteiger partial charge in [0.1, 0.15) is 5.75 Å². The van der Waals surface area contributed by atoms with Gasteiger partial charge in [0.25, 0.3) is 0 Å². The standard InChI is InChI=1S/C13H20N2O/c1-3-8-15(10-4-5-10)11-6-7-12(14)13(9-11)16-2/h6-7,9-10H,3-5,8,14H2,1-2H3. The number of nitrogens with zero attached hydrogens (tertiary/aromatic N) is 1. The van der Waals surface area contributed by atoms with Crippen LogP contribution in [0.15, 0.2) is 18.2 Å². The van der Waals surface area contributed by atoms with E-state index in [1.807, 2.05) is 12.1 Å². The number of anilines is 2. The van der Waals surface area contributed by atoms with E-state index in [-0.39, 0.29) is 0 Å². The van der Waals surface area contributed by atoms with Gasteiger partial charge in [-0.25, -0.2) is 0 Å². The molecule has 1 aromatic carbocycles. The first-order valence-corrected chi connectivity index (χ1v) is 5.96. The largest absolute Gasteiger partial charge is 0.495 e. The lowest BCUT2D eigenvalue weighted by molar-refractivity contribution is 0.417. The summed E-state index contributed by atoms with van der Waals surface area (Å²) >= 11 is 0. The van der Waals surface area contributed by atoms with Gasteiger partial charge in [-0.2, -0.15) is 0 Å². The fourth-order valence-electron chi connectivity index (χ4n) is 2.03. The van der Waals surface area contributed by atoms with E-state index in [1.54, 1.807) is 7.11 Å². The topological polar surface area (TPSA) is 38.5 Å². The summed E-state index contributed by atoms with van der Waals surface area (Å²) in [4.78, 5) is 2.46. The van der Waals surface area contributed by atoms with Crippen LogP contribution in [0.4, 0.5) is 11.4 Å². The van der Waals surface area contributed by atoms with Gasteiger partial charge in [0, 0.05) is 24.3 Å². The first-order valence-electron chi connectivity index (χ1n) is 5.96. The van der Waals surface area contributed by atoms with Crippen LogP contribution in [0.5, 0.6) is 5.75 Å². The summed E-state index contributed by atoms with van der Waals surface area (Å²) in [6, 6.07) is 6.79. The minimum Gasteiger partial charge on any atom is -0.495 e. The Morgan fingerprint density at radius 3 is 2.75 bits per heavy atom. The van der Waals surface area contributed by atoms with Crippen molar-refractivity contribution in [3.8, 4) is 5.75 Å². The summed E-state index contributed by atoms with van der Waals surface area (Å²) in [5, 5.41) is 0. The zero-order valence-corrected chi connectivity index (χ0v) is 10.1. The predicted octanol–water partition coefficient (Wildman–Crippen LogP) is 2.66. The molecule has 2 rings (SSSR count). The van der Waals surface area contributed by atoms with Crippen LogP contribution < -0.4 is 15.4 Å². The van der Waals surface area contributed by atoms with Crippen molar-refractivity contribution in [2.24, 2.45) is 0 Å². The molecule has 16 heavy (non-hydrogen) atoms. The van der Waals surface area contributed by atoms with Gasteiger partial charge in [0.15, 0.2) is 0 Å². The zero-order chi connectivity index (χ0) is 11.5. The Balaban J connectivity index is 2.23. The lowest BCUT2D eigenvalue weighted by atomic mass is 10.2. The van der Waals surface area contributed by atoms with Crippen molar-refractivity contribution in [3.63, 3.8) is 0 Å². The summed E-state index contributed by atoms with van der Waals surface area (Å²) in [5.74, 6) is 0.777. The van der Waals surface area contributed by atoms with Crippen molar-refractivity contribution in [3.05, 3.63) is 18.2 Å². The molecule has 0 spiro atoms. The number of nitrogen functional groups attached to an aromatic ring is 1. The molecule has 88 valence electrons. The minimum atomic E-state index is 0.707. The van der Waals surface area contributed by atoms with Gasteiger partial charge >= 0.3 is 0 Å². The van der Waals surface area contributed by atoms with E-state index in [0.717, 1.165) is 18.3 Å². The Hall–Kier alpha value is -1.38. The van der Waals surface area contributed by atoms with E-state index in [1.165, 1.54) is 24.9 Å². The molecule has 1 aromatic rings. The van der Waals surface area contributed by atoms with Crippen molar-refractivity contribution in [2.45, 2.75) is 32.2 Å².